The van der Waals surface area contributed by atoms with Crippen LogP contribution in [0.1, 0.15) is 30.0 Å². The van der Waals surface area contributed by atoms with Gasteiger partial charge in [-0.3, -0.25) is 19.3 Å². The van der Waals surface area contributed by atoms with E-state index in [4.69, 9.17) is 14.2 Å². The number of rotatable bonds is 12. The van der Waals surface area contributed by atoms with Crippen molar-refractivity contribution in [1.82, 2.24) is 4.90 Å². The van der Waals surface area contributed by atoms with Crippen molar-refractivity contribution in [2.75, 3.05) is 36.7 Å². The van der Waals surface area contributed by atoms with Gasteiger partial charge in [0.15, 0.2) is 12.2 Å². The van der Waals surface area contributed by atoms with Crippen LogP contribution in [0.4, 0.5) is 17.1 Å². The van der Waals surface area contributed by atoms with Crippen LogP contribution in [0.15, 0.2) is 127 Å². The molecular weight excluding hydrogens is 747 g/mol. The second-order valence-electron chi connectivity index (χ2n) is 15.9. The van der Waals surface area contributed by atoms with Gasteiger partial charge < -0.3 is 29.1 Å². The number of carbonyl (C=O) groups is 3. The average molecular weight is 796 g/mol. The van der Waals surface area contributed by atoms with E-state index in [-0.39, 0.29) is 61.9 Å². The van der Waals surface area contributed by atoms with E-state index >= 15 is 4.79 Å². The van der Waals surface area contributed by atoms with Crippen molar-refractivity contribution in [3.63, 3.8) is 0 Å². The molecule has 1 N–H and O–H groups in total. The molecule has 1 saturated heterocycles. The normalized spacial score (nSPS) is 21.2. The second kappa shape index (κ2) is 15.9. The topological polar surface area (TPSA) is 109 Å². The van der Waals surface area contributed by atoms with Crippen LogP contribution in [-0.2, 0) is 37.8 Å². The highest BCUT2D eigenvalue weighted by Crippen LogP contribution is 2.60. The Morgan fingerprint density at radius 1 is 0.862 bits per heavy atom. The van der Waals surface area contributed by atoms with Crippen molar-refractivity contribution in [3.8, 4) is 11.5 Å². The van der Waals surface area contributed by atoms with Crippen LogP contribution in [0.3, 0.4) is 0 Å². The van der Waals surface area contributed by atoms with Crippen LogP contribution in [0.5, 0.6) is 11.5 Å². The lowest BCUT2D eigenvalue weighted by Gasteiger charge is -2.37. The Balaban J connectivity index is 1.13. The predicted molar refractivity (Wildman–Crippen MR) is 226 cm³/mol. The second-order valence-corrected chi connectivity index (χ2v) is 20.6. The van der Waals surface area contributed by atoms with E-state index in [0.717, 1.165) is 28.1 Å². The Labute approximate surface area is 340 Å². The number of anilines is 3. The number of fused-ring (bicyclic) bond motifs is 3. The molecule has 3 amide bonds. The lowest BCUT2D eigenvalue weighted by Crippen LogP contribution is -2.52. The fourth-order valence-corrected chi connectivity index (χ4v) is 13.5. The molecule has 10 nitrogen and oxygen atoms in total. The van der Waals surface area contributed by atoms with Crippen LogP contribution in [0.25, 0.3) is 0 Å². The van der Waals surface area contributed by atoms with Gasteiger partial charge in [0.25, 0.3) is 11.8 Å². The number of benzene rings is 5. The summed E-state index contributed by atoms with van der Waals surface area (Å²) < 4.78 is 18.4. The van der Waals surface area contributed by atoms with Crippen LogP contribution in [-0.4, -0.2) is 68.8 Å². The molecule has 0 aliphatic carbocycles. The molecule has 0 saturated carbocycles. The minimum Gasteiger partial charge on any atom is -0.497 e. The van der Waals surface area contributed by atoms with E-state index in [1.165, 1.54) is 5.19 Å². The lowest BCUT2D eigenvalue weighted by molar-refractivity contribution is -0.150. The van der Waals surface area contributed by atoms with Crippen LogP contribution in [0.2, 0.25) is 18.6 Å². The Bertz CT molecular complexity index is 2300. The molecule has 1 spiro atoms. The van der Waals surface area contributed by atoms with E-state index in [2.05, 4.69) is 32.2 Å². The quantitative estimate of drug-likeness (QED) is 0.137. The number of amides is 3. The molecule has 5 aromatic rings. The summed E-state index contributed by atoms with van der Waals surface area (Å²) in [4.78, 5) is 47.9. The molecule has 58 heavy (non-hydrogen) atoms. The molecule has 298 valence electrons. The number of aliphatic hydroxyl groups excluding tert-OH is 1. The first-order chi connectivity index (χ1) is 28.1. The first kappa shape index (κ1) is 39.1. The number of ether oxygens (including phenoxy) is 3. The standard InChI is InChI=1S/C47H49N3O7Si/c1-32-45(58(3,4)37-24-22-36(55-2)23-25-37)42(28-43(52)48(26-27-51)29-33-12-6-5-7-13-33)57-47(32)38-14-8-9-15-39(38)49(46(47)54)30-34-18-20-35(21-19-34)50-40-16-10-11-17-41(40)56-31-44(50)53/h5-25,32,42,45,51H,26-31H2,1-4H3/t32-,42+,45-,47+/m1/s1. The summed E-state index contributed by atoms with van der Waals surface area (Å²) >= 11 is 0. The first-order valence-electron chi connectivity index (χ1n) is 19.9. The van der Waals surface area contributed by atoms with E-state index in [0.29, 0.717) is 23.7 Å². The third kappa shape index (κ3) is 6.86. The molecule has 0 aromatic heterocycles. The summed E-state index contributed by atoms with van der Waals surface area (Å²) in [5.74, 6) is 0.677. The average Bonchev–Trinajstić information content (AvgIpc) is 3.67. The highest BCUT2D eigenvalue weighted by Gasteiger charge is 2.66. The van der Waals surface area contributed by atoms with Gasteiger partial charge in [0, 0.05) is 30.3 Å². The van der Waals surface area contributed by atoms with Gasteiger partial charge >= 0.3 is 0 Å². The monoisotopic (exact) mass is 795 g/mol. The largest absolute Gasteiger partial charge is 0.497 e. The van der Waals surface area contributed by atoms with E-state index in [1.807, 2.05) is 120 Å². The Hall–Kier alpha value is -5.75. The number of nitrogens with zero attached hydrogens (tertiary/aromatic N) is 3. The number of methoxy groups -OCH3 is 1. The van der Waals surface area contributed by atoms with Crippen molar-refractivity contribution in [1.29, 1.82) is 0 Å². The third-order valence-corrected chi connectivity index (χ3v) is 16.7. The fraction of sp³-hybridized carbons (Fsp3) is 0.298. The Morgan fingerprint density at radius 2 is 1.53 bits per heavy atom. The number of hydrogen-bond acceptors (Lipinski definition) is 7. The van der Waals surface area contributed by atoms with Crippen molar-refractivity contribution >= 4 is 48.0 Å². The molecule has 0 bridgehead atoms. The van der Waals surface area contributed by atoms with Gasteiger partial charge in [0.2, 0.25) is 5.91 Å². The van der Waals surface area contributed by atoms with Gasteiger partial charge in [0.05, 0.1) is 52.2 Å². The van der Waals surface area contributed by atoms with E-state index < -0.39 is 19.8 Å². The van der Waals surface area contributed by atoms with E-state index in [1.54, 1.807) is 16.9 Å². The van der Waals surface area contributed by atoms with Crippen molar-refractivity contribution in [3.05, 3.63) is 144 Å². The van der Waals surface area contributed by atoms with Crippen LogP contribution in [0, 0.1) is 5.92 Å². The zero-order chi connectivity index (χ0) is 40.6. The van der Waals surface area contributed by atoms with Gasteiger partial charge in [0.1, 0.15) is 11.5 Å². The maximum Gasteiger partial charge on any atom is 0.269 e. The molecule has 5 aromatic carbocycles. The SMILES string of the molecule is COc1ccc([Si](C)(C)[C@H]2[C@H](CC(=O)N(CCO)Cc3ccccc3)O[C@@]3(C(=O)N(Cc4ccc(N5C(=O)COc6ccccc65)cc4)c4ccccc43)[C@@H]2C)cc1. The number of aliphatic hydroxyl groups is 1. The molecule has 8 rings (SSSR count). The molecule has 0 unspecified atom stereocenters. The molecule has 4 atom stereocenters. The molecular formula is C47H49N3O7Si. The molecule has 3 heterocycles. The first-order valence-corrected chi connectivity index (χ1v) is 22.9. The highest BCUT2D eigenvalue weighted by molar-refractivity contribution is 6.91. The van der Waals surface area contributed by atoms with Crippen molar-refractivity contribution in [2.24, 2.45) is 5.92 Å². The summed E-state index contributed by atoms with van der Waals surface area (Å²) in [7, 11) is -0.860. The molecule has 3 aliphatic rings. The molecule has 1 fully saturated rings. The van der Waals surface area contributed by atoms with Gasteiger partial charge in [-0.25, -0.2) is 0 Å². The van der Waals surface area contributed by atoms with Crippen molar-refractivity contribution < 1.29 is 33.7 Å². The number of hydrogen-bond donors (Lipinski definition) is 1. The summed E-state index contributed by atoms with van der Waals surface area (Å²) in [6, 6.07) is 41.0. The summed E-state index contributed by atoms with van der Waals surface area (Å²) in [5, 5.41) is 11.2. The number of para-hydroxylation sites is 3. The van der Waals surface area contributed by atoms with Crippen LogP contribution < -0.4 is 24.5 Å². The third-order valence-electron chi connectivity index (χ3n) is 12.3. The van der Waals surface area contributed by atoms with Crippen molar-refractivity contribution in [2.45, 2.75) is 56.8 Å². The number of carbonyl (C=O) groups excluding carboxylic acids is 3. The highest BCUT2D eigenvalue weighted by atomic mass is 28.3. The molecule has 3 aliphatic heterocycles. The Morgan fingerprint density at radius 3 is 2.24 bits per heavy atom. The predicted octanol–water partition coefficient (Wildman–Crippen LogP) is 6.93. The molecule has 0 radical (unpaired) electrons. The van der Waals surface area contributed by atoms with Gasteiger partial charge in [-0.05, 0) is 59.1 Å². The summed E-state index contributed by atoms with van der Waals surface area (Å²) in [5.41, 5.74) is 3.38. The minimum absolute atomic E-state index is 0.0453. The van der Waals surface area contributed by atoms with Gasteiger partial charge in [-0.1, -0.05) is 110 Å². The lowest BCUT2D eigenvalue weighted by atomic mass is 9.82. The maximum atomic E-state index is 15.3. The summed E-state index contributed by atoms with van der Waals surface area (Å²) in [6.45, 7) is 7.34. The van der Waals surface area contributed by atoms with Gasteiger partial charge in [-0.2, -0.15) is 0 Å². The van der Waals surface area contributed by atoms with Gasteiger partial charge in [-0.15, -0.1) is 0 Å². The smallest absolute Gasteiger partial charge is 0.269 e. The zero-order valence-electron chi connectivity index (χ0n) is 33.3. The van der Waals surface area contributed by atoms with Crippen LogP contribution >= 0.6 is 0 Å². The Kier molecular flexibility index (Phi) is 10.7. The summed E-state index contributed by atoms with van der Waals surface area (Å²) in [6.07, 6.45) is -0.510. The fourth-order valence-electron chi connectivity index (χ4n) is 9.46. The molecule has 11 heteroatoms. The maximum absolute atomic E-state index is 15.3. The zero-order valence-corrected chi connectivity index (χ0v) is 34.3. The van der Waals surface area contributed by atoms with E-state index in [9.17, 15) is 14.7 Å². The minimum atomic E-state index is -2.51.